The smallest absolute Gasteiger partial charge is 0.142 e. The molecule has 1 N–H and O–H groups in total. The highest BCUT2D eigenvalue weighted by Crippen LogP contribution is 2.21. The standard InChI is InChI=1S/C14H13BrClFN2/c1-18-14(13-5-3-10(15)8-19-13)7-9-2-4-11(16)12(17)6-9/h2-6,8,14,18H,7H2,1H3. The van der Waals surface area contributed by atoms with Gasteiger partial charge in [-0.3, -0.25) is 4.98 Å². The second kappa shape index (κ2) is 6.46. The van der Waals surface area contributed by atoms with Crippen LogP contribution in [-0.4, -0.2) is 12.0 Å². The van der Waals surface area contributed by atoms with E-state index in [2.05, 4.69) is 26.2 Å². The van der Waals surface area contributed by atoms with Crippen molar-refractivity contribution in [3.8, 4) is 0 Å². The Morgan fingerprint density at radius 1 is 1.37 bits per heavy atom. The third-order valence-electron chi connectivity index (χ3n) is 2.88. The third kappa shape index (κ3) is 3.75. The van der Waals surface area contributed by atoms with E-state index in [0.29, 0.717) is 6.42 Å². The lowest BCUT2D eigenvalue weighted by molar-refractivity contribution is 0.570. The summed E-state index contributed by atoms with van der Waals surface area (Å²) in [6.07, 6.45) is 2.40. The van der Waals surface area contributed by atoms with Gasteiger partial charge in [-0.25, -0.2) is 4.39 Å². The van der Waals surface area contributed by atoms with Crippen molar-refractivity contribution >= 4 is 27.5 Å². The monoisotopic (exact) mass is 342 g/mol. The summed E-state index contributed by atoms with van der Waals surface area (Å²) in [5.74, 6) is -0.391. The molecule has 100 valence electrons. The second-order valence-corrected chi connectivity index (χ2v) is 5.52. The van der Waals surface area contributed by atoms with Crippen LogP contribution in [0.15, 0.2) is 41.0 Å². The topological polar surface area (TPSA) is 24.9 Å². The highest BCUT2D eigenvalue weighted by Gasteiger charge is 2.12. The zero-order valence-electron chi connectivity index (χ0n) is 10.3. The molecule has 2 nitrogen and oxygen atoms in total. The van der Waals surface area contributed by atoms with Gasteiger partial charge < -0.3 is 5.32 Å². The molecule has 0 bridgehead atoms. The van der Waals surface area contributed by atoms with E-state index in [1.54, 1.807) is 12.3 Å². The number of hydrogen-bond acceptors (Lipinski definition) is 2. The summed E-state index contributed by atoms with van der Waals surface area (Å²) in [4.78, 5) is 4.36. The van der Waals surface area contributed by atoms with Crippen molar-refractivity contribution in [1.29, 1.82) is 0 Å². The Bertz CT molecular complexity index is 560. The summed E-state index contributed by atoms with van der Waals surface area (Å²) in [5, 5.41) is 3.33. The lowest BCUT2D eigenvalue weighted by Crippen LogP contribution is -2.20. The largest absolute Gasteiger partial charge is 0.311 e. The van der Waals surface area contributed by atoms with Crippen LogP contribution < -0.4 is 5.32 Å². The van der Waals surface area contributed by atoms with Crippen molar-refractivity contribution in [1.82, 2.24) is 10.3 Å². The number of rotatable bonds is 4. The minimum absolute atomic E-state index is 0.0358. The summed E-state index contributed by atoms with van der Waals surface area (Å²) in [6.45, 7) is 0. The molecule has 1 heterocycles. The van der Waals surface area contributed by atoms with Crippen LogP contribution in [0, 0.1) is 5.82 Å². The van der Waals surface area contributed by atoms with Crippen LogP contribution in [0.4, 0.5) is 4.39 Å². The molecule has 2 rings (SSSR count). The molecule has 2 aromatic rings. The van der Waals surface area contributed by atoms with Gasteiger partial charge in [0.15, 0.2) is 0 Å². The number of benzene rings is 1. The molecule has 0 fully saturated rings. The average Bonchev–Trinajstić information content (AvgIpc) is 2.41. The van der Waals surface area contributed by atoms with Crippen molar-refractivity contribution in [2.75, 3.05) is 7.05 Å². The maximum absolute atomic E-state index is 13.4. The summed E-state index contributed by atoms with van der Waals surface area (Å²) in [7, 11) is 1.86. The van der Waals surface area contributed by atoms with Gasteiger partial charge in [0.2, 0.25) is 0 Å². The fraction of sp³-hybridized carbons (Fsp3) is 0.214. The molecule has 5 heteroatoms. The normalized spacial score (nSPS) is 12.4. The van der Waals surface area contributed by atoms with Crippen LogP contribution in [0.5, 0.6) is 0 Å². The van der Waals surface area contributed by atoms with Gasteiger partial charge in [0, 0.05) is 10.7 Å². The lowest BCUT2D eigenvalue weighted by atomic mass is 10.0. The number of pyridine rings is 1. The molecule has 0 radical (unpaired) electrons. The van der Waals surface area contributed by atoms with Crippen molar-refractivity contribution < 1.29 is 4.39 Å². The molecule has 19 heavy (non-hydrogen) atoms. The first-order valence-corrected chi connectivity index (χ1v) is 7.00. The van der Waals surface area contributed by atoms with E-state index in [4.69, 9.17) is 11.6 Å². The molecule has 0 aliphatic rings. The molecule has 0 saturated heterocycles. The first-order valence-electron chi connectivity index (χ1n) is 5.83. The highest BCUT2D eigenvalue weighted by molar-refractivity contribution is 9.10. The Morgan fingerprint density at radius 3 is 2.74 bits per heavy atom. The number of nitrogens with one attached hydrogen (secondary N) is 1. The van der Waals surface area contributed by atoms with Gasteiger partial charge in [-0.05, 0) is 59.2 Å². The first kappa shape index (κ1) is 14.4. The predicted molar refractivity (Wildman–Crippen MR) is 78.9 cm³/mol. The molecule has 1 unspecified atom stereocenters. The minimum atomic E-state index is -0.391. The molecule has 0 amide bonds. The predicted octanol–water partition coefficient (Wildman–Crippen LogP) is 4.14. The SMILES string of the molecule is CNC(Cc1ccc(Cl)c(F)c1)c1ccc(Br)cn1. The van der Waals surface area contributed by atoms with Gasteiger partial charge in [0.1, 0.15) is 5.82 Å². The van der Waals surface area contributed by atoms with Gasteiger partial charge in [-0.2, -0.15) is 0 Å². The number of hydrogen-bond donors (Lipinski definition) is 1. The quantitative estimate of drug-likeness (QED) is 0.902. The van der Waals surface area contributed by atoms with Crippen molar-refractivity contribution in [3.63, 3.8) is 0 Å². The van der Waals surface area contributed by atoms with Crippen LogP contribution in [0.25, 0.3) is 0 Å². The minimum Gasteiger partial charge on any atom is -0.311 e. The van der Waals surface area contributed by atoms with E-state index in [9.17, 15) is 4.39 Å². The van der Waals surface area contributed by atoms with Gasteiger partial charge in [-0.1, -0.05) is 17.7 Å². The second-order valence-electron chi connectivity index (χ2n) is 4.20. The van der Waals surface area contributed by atoms with Crippen LogP contribution in [0.3, 0.4) is 0 Å². The van der Waals surface area contributed by atoms with Crippen molar-refractivity contribution in [2.24, 2.45) is 0 Å². The lowest BCUT2D eigenvalue weighted by Gasteiger charge is -2.16. The maximum atomic E-state index is 13.4. The number of halogens is 3. The average molecular weight is 344 g/mol. The number of nitrogens with zero attached hydrogens (tertiary/aromatic N) is 1. The Kier molecular flexibility index (Phi) is 4.91. The van der Waals surface area contributed by atoms with E-state index >= 15 is 0 Å². The van der Waals surface area contributed by atoms with E-state index in [1.165, 1.54) is 6.07 Å². The first-order chi connectivity index (χ1) is 9.10. The summed E-state index contributed by atoms with van der Waals surface area (Å²) >= 11 is 9.03. The van der Waals surface area contributed by atoms with E-state index < -0.39 is 5.82 Å². The molecule has 0 spiro atoms. The Hall–Kier alpha value is -0.970. The van der Waals surface area contributed by atoms with E-state index in [-0.39, 0.29) is 11.1 Å². The third-order valence-corrected chi connectivity index (χ3v) is 3.66. The van der Waals surface area contributed by atoms with Gasteiger partial charge >= 0.3 is 0 Å². The maximum Gasteiger partial charge on any atom is 0.142 e. The fourth-order valence-electron chi connectivity index (χ4n) is 1.85. The zero-order valence-corrected chi connectivity index (χ0v) is 12.7. The molecule has 1 aromatic carbocycles. The van der Waals surface area contributed by atoms with Crippen molar-refractivity contribution in [3.05, 3.63) is 63.1 Å². The van der Waals surface area contributed by atoms with E-state index in [1.807, 2.05) is 25.2 Å². The molecular weight excluding hydrogens is 331 g/mol. The van der Waals surface area contributed by atoms with Crippen LogP contribution in [0.1, 0.15) is 17.3 Å². The Balaban J connectivity index is 2.18. The van der Waals surface area contributed by atoms with E-state index in [0.717, 1.165) is 15.7 Å². The molecular formula is C14H13BrClFN2. The summed E-state index contributed by atoms with van der Waals surface area (Å²) in [5.41, 5.74) is 1.80. The molecule has 1 aromatic heterocycles. The molecule has 0 saturated carbocycles. The Morgan fingerprint density at radius 2 is 2.16 bits per heavy atom. The molecule has 1 atom stereocenters. The number of likely N-dealkylation sites (N-methyl/N-ethyl adjacent to an activating group) is 1. The Labute approximate surface area is 125 Å². The van der Waals surface area contributed by atoms with Crippen LogP contribution in [-0.2, 0) is 6.42 Å². The summed E-state index contributed by atoms with van der Waals surface area (Å²) < 4.78 is 14.3. The highest BCUT2D eigenvalue weighted by atomic mass is 79.9. The molecule has 0 aliphatic heterocycles. The van der Waals surface area contributed by atoms with Crippen LogP contribution in [0.2, 0.25) is 5.02 Å². The van der Waals surface area contributed by atoms with Gasteiger partial charge in [-0.15, -0.1) is 0 Å². The summed E-state index contributed by atoms with van der Waals surface area (Å²) in [6, 6.07) is 8.79. The van der Waals surface area contributed by atoms with Gasteiger partial charge in [0.25, 0.3) is 0 Å². The molecule has 0 aliphatic carbocycles. The number of aromatic nitrogens is 1. The van der Waals surface area contributed by atoms with Crippen LogP contribution >= 0.6 is 27.5 Å². The van der Waals surface area contributed by atoms with Crippen molar-refractivity contribution in [2.45, 2.75) is 12.5 Å². The van der Waals surface area contributed by atoms with Gasteiger partial charge in [0.05, 0.1) is 16.8 Å². The zero-order chi connectivity index (χ0) is 13.8. The fourth-order valence-corrected chi connectivity index (χ4v) is 2.20.